The Balaban J connectivity index is 5.27. The Kier molecular flexibility index (Phi) is 19.5. The second kappa shape index (κ2) is 17.9. The van der Waals surface area contributed by atoms with E-state index in [4.69, 9.17) is 11.4 Å². The highest BCUT2D eigenvalue weighted by molar-refractivity contribution is 6.70. The van der Waals surface area contributed by atoms with Crippen LogP contribution in [0.25, 0.3) is 0 Å². The van der Waals surface area contributed by atoms with Crippen LogP contribution < -0.4 is 0 Å². The van der Waals surface area contributed by atoms with Gasteiger partial charge in [-0.05, 0) is 15.8 Å². The lowest BCUT2D eigenvalue weighted by Crippen LogP contribution is -2.43. The van der Waals surface area contributed by atoms with E-state index in [1.807, 2.05) is 0 Å². The van der Waals surface area contributed by atoms with E-state index in [-0.39, 0.29) is 0 Å². The molecular formula is C20H47Al5O4. The van der Waals surface area contributed by atoms with Crippen LogP contribution in [-0.2, 0) is 11.4 Å². The molecule has 4 nitrogen and oxygen atoms in total. The standard InChI is InChI=1S/5C4H9.5Al.4O.2H/c5*1-4(2)3;;;;;;;;;;;/h5*4H,1H2,2-3H3;;;;;;;;;;;. The minimum atomic E-state index is -1.76. The topological polar surface area (TPSA) is 36.9 Å². The van der Waals surface area contributed by atoms with Crippen molar-refractivity contribution >= 4 is 75.6 Å². The van der Waals surface area contributed by atoms with Crippen LogP contribution in [-0.4, -0.2) is 75.6 Å². The smallest absolute Gasteiger partial charge is 0.616 e. The number of hydrogen-bond donors (Lipinski definition) is 0. The van der Waals surface area contributed by atoms with Crippen molar-refractivity contribution in [2.24, 2.45) is 29.6 Å². The van der Waals surface area contributed by atoms with E-state index in [1.54, 1.807) is 0 Å². The van der Waals surface area contributed by atoms with Gasteiger partial charge in [0.15, 0.2) is 0 Å². The Hall–Kier alpha value is 2.50. The molecule has 0 aliphatic carbocycles. The molecule has 0 rings (SSSR count). The second-order valence-electron chi connectivity index (χ2n) is 10.7. The normalized spacial score (nSPS) is 12.0. The maximum atomic E-state index is 6.89. The summed E-state index contributed by atoms with van der Waals surface area (Å²) in [6.45, 7) is 23.0. The van der Waals surface area contributed by atoms with Gasteiger partial charge < -0.3 is 11.4 Å². The van der Waals surface area contributed by atoms with E-state index < -0.39 is 58.9 Å². The third-order valence-electron chi connectivity index (χ3n) is 4.67. The van der Waals surface area contributed by atoms with Crippen LogP contribution in [0.15, 0.2) is 0 Å². The lowest BCUT2D eigenvalue weighted by molar-refractivity contribution is 0.328. The van der Waals surface area contributed by atoms with E-state index in [1.165, 1.54) is 10.6 Å². The summed E-state index contributed by atoms with van der Waals surface area (Å²) in [5.74, 6) is 3.26. The van der Waals surface area contributed by atoms with Gasteiger partial charge in [0.2, 0.25) is 0 Å². The van der Waals surface area contributed by atoms with Gasteiger partial charge in [0, 0.05) is 0 Å². The minimum absolute atomic E-state index is 0.600. The van der Waals surface area contributed by atoms with Crippen LogP contribution in [0, 0.1) is 29.6 Å². The first-order valence-electron chi connectivity index (χ1n) is 11.9. The molecule has 0 aromatic carbocycles. The molecule has 0 N–H and O–H groups in total. The summed E-state index contributed by atoms with van der Waals surface area (Å²) in [5, 5.41) is 5.77. The van der Waals surface area contributed by atoms with Crippen LogP contribution in [0.5, 0.6) is 0 Å². The maximum Gasteiger partial charge on any atom is 0.616 e. The molecule has 0 atom stereocenters. The molecule has 0 unspecified atom stereocenters. The molecule has 0 heterocycles. The first-order valence-corrected chi connectivity index (χ1v) is 20.1. The predicted octanol–water partition coefficient (Wildman–Crippen LogP) is 5.34. The van der Waals surface area contributed by atoms with Crippen molar-refractivity contribution in [1.29, 1.82) is 0 Å². The van der Waals surface area contributed by atoms with Crippen molar-refractivity contribution in [3.05, 3.63) is 0 Å². The van der Waals surface area contributed by atoms with Crippen molar-refractivity contribution in [3.8, 4) is 0 Å². The Morgan fingerprint density at radius 2 is 0.793 bits per heavy atom. The fourth-order valence-corrected chi connectivity index (χ4v) is 19.5. The molecule has 0 aliphatic heterocycles. The van der Waals surface area contributed by atoms with Gasteiger partial charge in [-0.3, -0.25) is 0 Å². The largest absolute Gasteiger partial charge is 0.620 e. The molecule has 0 spiro atoms. The first kappa shape index (κ1) is 31.5. The molecule has 0 radical (unpaired) electrons. The Morgan fingerprint density at radius 3 is 1.14 bits per heavy atom. The summed E-state index contributed by atoms with van der Waals surface area (Å²) in [6, 6.07) is 0. The van der Waals surface area contributed by atoms with Gasteiger partial charge in [-0.1, -0.05) is 109 Å². The molecule has 0 aromatic rings. The van der Waals surface area contributed by atoms with Crippen LogP contribution >= 0.6 is 0 Å². The molecule has 0 amide bonds. The Morgan fingerprint density at radius 1 is 0.483 bits per heavy atom. The molecular weight excluding hydrogens is 439 g/mol. The van der Waals surface area contributed by atoms with Gasteiger partial charge in [-0.25, -0.2) is 0 Å². The van der Waals surface area contributed by atoms with E-state index in [0.717, 1.165) is 32.5 Å². The summed E-state index contributed by atoms with van der Waals surface area (Å²) >= 11 is -5.53. The first-order chi connectivity index (χ1) is 13.4. The SMILES string of the molecule is CC(C)[CH2][Al]([CH2]C(C)C)[O][Al]([CH2]C(C)C)[O][Al]([CH2]C(C)C)[O][Al]([CH2]C(C)C)[O][AlH2]. The lowest BCUT2D eigenvalue weighted by atomic mass is 10.3. The van der Waals surface area contributed by atoms with Crippen LogP contribution in [0.4, 0.5) is 0 Å². The summed E-state index contributed by atoms with van der Waals surface area (Å²) in [6.07, 6.45) is 0. The monoisotopic (exact) mass is 486 g/mol. The highest BCUT2D eigenvalue weighted by Crippen LogP contribution is 2.21. The molecule has 166 valence electrons. The molecule has 0 aliphatic rings. The van der Waals surface area contributed by atoms with Crippen molar-refractivity contribution in [1.82, 2.24) is 0 Å². The zero-order valence-electron chi connectivity index (χ0n) is 21.4. The fourth-order valence-electron chi connectivity index (χ4n) is 3.46. The molecule has 29 heavy (non-hydrogen) atoms. The van der Waals surface area contributed by atoms with Crippen molar-refractivity contribution in [3.63, 3.8) is 0 Å². The Labute approximate surface area is 210 Å². The third-order valence-corrected chi connectivity index (χ3v) is 21.3. The van der Waals surface area contributed by atoms with E-state index in [9.17, 15) is 0 Å². The highest BCUT2D eigenvalue weighted by Gasteiger charge is 2.40. The summed E-state index contributed by atoms with van der Waals surface area (Å²) in [7, 11) is 0. The van der Waals surface area contributed by atoms with Crippen molar-refractivity contribution in [2.75, 3.05) is 0 Å². The fraction of sp³-hybridized carbons (Fsp3) is 1.00. The minimum Gasteiger partial charge on any atom is -0.620 e. The molecule has 9 heteroatoms. The molecule has 0 fully saturated rings. The quantitative estimate of drug-likeness (QED) is 0.260. The van der Waals surface area contributed by atoms with Crippen LogP contribution in [0.1, 0.15) is 69.2 Å². The summed E-state index contributed by atoms with van der Waals surface area (Å²) in [4.78, 5) is 0. The predicted molar refractivity (Wildman–Crippen MR) is 134 cm³/mol. The van der Waals surface area contributed by atoms with Gasteiger partial charge in [0.1, 0.15) is 0 Å². The van der Waals surface area contributed by atoms with Gasteiger partial charge in [-0.15, -0.1) is 0 Å². The average Bonchev–Trinajstić information content (AvgIpc) is 2.50. The van der Waals surface area contributed by atoms with Gasteiger partial charge in [0.05, 0.1) is 0 Å². The molecule has 0 bridgehead atoms. The third kappa shape index (κ3) is 18.6. The van der Waals surface area contributed by atoms with Gasteiger partial charge in [0.25, 0.3) is 0 Å². The Bertz CT molecular complexity index is 387. The highest BCUT2D eigenvalue weighted by atomic mass is 27.4. The van der Waals surface area contributed by atoms with E-state index >= 15 is 0 Å². The molecule has 0 saturated heterocycles. The summed E-state index contributed by atoms with van der Waals surface area (Å²) < 4.78 is 26.2. The lowest BCUT2D eigenvalue weighted by Gasteiger charge is -2.28. The zero-order chi connectivity index (χ0) is 22.6. The summed E-state index contributed by atoms with van der Waals surface area (Å²) in [5.41, 5.74) is 0. The second-order valence-corrected chi connectivity index (χ2v) is 22.0. The van der Waals surface area contributed by atoms with Gasteiger partial charge in [-0.2, -0.15) is 0 Å². The number of rotatable bonds is 17. The molecule has 0 saturated carbocycles. The van der Waals surface area contributed by atoms with Crippen molar-refractivity contribution in [2.45, 2.75) is 95.7 Å². The average molecular weight is 487 g/mol. The van der Waals surface area contributed by atoms with E-state index in [0.29, 0.717) is 29.6 Å². The number of hydrogen-bond acceptors (Lipinski definition) is 4. The van der Waals surface area contributed by atoms with Crippen LogP contribution in [0.3, 0.4) is 0 Å². The van der Waals surface area contributed by atoms with Crippen LogP contribution in [0.2, 0.25) is 26.4 Å². The zero-order valence-corrected chi connectivity index (χ0v) is 28.0. The maximum absolute atomic E-state index is 6.89. The van der Waals surface area contributed by atoms with Crippen molar-refractivity contribution < 1.29 is 11.4 Å². The van der Waals surface area contributed by atoms with Gasteiger partial charge >= 0.3 is 75.6 Å². The van der Waals surface area contributed by atoms with E-state index in [2.05, 4.69) is 69.2 Å². The molecule has 0 aromatic heterocycles.